The van der Waals surface area contributed by atoms with Gasteiger partial charge >= 0.3 is 42.7 Å². The quantitative estimate of drug-likeness (QED) is 0.310. The standard InChI is InChI=1S/Ni.2H3O4P.Zr/c;2*1-5(2,3)4;/h;2*(H3,1,2,3,4);/q+2;;;+4/p-6. The van der Waals surface area contributed by atoms with Crippen LogP contribution in [-0.4, -0.2) is 0 Å². The molecule has 0 aromatic carbocycles. The van der Waals surface area contributed by atoms with E-state index in [2.05, 4.69) is 0 Å². The molecule has 0 saturated carbocycles. The Bertz CT molecular complexity index is 129. The first-order valence-corrected chi connectivity index (χ1v) is 4.38. The first kappa shape index (κ1) is 23.4. The van der Waals surface area contributed by atoms with Crippen LogP contribution < -0.4 is 29.4 Å². The van der Waals surface area contributed by atoms with Crippen molar-refractivity contribution in [3.63, 3.8) is 0 Å². The molecule has 0 heterocycles. The Balaban J connectivity index is -0.0000000457. The molecule has 0 aliphatic carbocycles. The Hall–Kier alpha value is 1.60. The Labute approximate surface area is 96.5 Å². The van der Waals surface area contributed by atoms with Crippen LogP contribution in [0.5, 0.6) is 0 Å². The zero-order valence-electron chi connectivity index (χ0n) is 4.98. The average molecular weight is 340 g/mol. The summed E-state index contributed by atoms with van der Waals surface area (Å²) in [5.41, 5.74) is 0. The van der Waals surface area contributed by atoms with Crippen LogP contribution in [0.2, 0.25) is 0 Å². The summed E-state index contributed by atoms with van der Waals surface area (Å²) in [6.07, 6.45) is 0. The van der Waals surface area contributed by atoms with E-state index < -0.39 is 15.6 Å². The van der Waals surface area contributed by atoms with Crippen molar-refractivity contribution in [2.45, 2.75) is 0 Å². The second-order valence-electron chi connectivity index (χ2n) is 0.894. The van der Waals surface area contributed by atoms with Crippen LogP contribution in [-0.2, 0) is 51.8 Å². The molecule has 0 spiro atoms. The van der Waals surface area contributed by atoms with E-state index >= 15 is 0 Å². The monoisotopic (exact) mass is 338 g/mol. The van der Waals surface area contributed by atoms with Gasteiger partial charge in [0.15, 0.2) is 0 Å². The number of hydrogen-bond donors (Lipinski definition) is 0. The molecule has 8 nitrogen and oxygen atoms in total. The first-order chi connectivity index (χ1) is 4.00. The Kier molecular flexibility index (Phi) is 17.9. The van der Waals surface area contributed by atoms with E-state index in [0.29, 0.717) is 0 Å². The van der Waals surface area contributed by atoms with Crippen molar-refractivity contribution in [3.05, 3.63) is 0 Å². The maximum Gasteiger partial charge on any atom is 4.00 e. The summed E-state index contributed by atoms with van der Waals surface area (Å²) in [7, 11) is -10.8. The van der Waals surface area contributed by atoms with Crippen LogP contribution in [0.15, 0.2) is 0 Å². The molecule has 0 fully saturated rings. The molecule has 0 N–H and O–H groups in total. The minimum atomic E-state index is -5.39. The summed E-state index contributed by atoms with van der Waals surface area (Å²) in [6, 6.07) is 0. The van der Waals surface area contributed by atoms with Crippen LogP contribution in [0.4, 0.5) is 0 Å². The summed E-state index contributed by atoms with van der Waals surface area (Å²) in [5.74, 6) is 0. The van der Waals surface area contributed by atoms with Crippen molar-refractivity contribution >= 4 is 15.6 Å². The van der Waals surface area contributed by atoms with E-state index in [-0.39, 0.29) is 42.7 Å². The molecule has 0 aromatic rings. The molecule has 0 aliphatic rings. The van der Waals surface area contributed by atoms with Crippen molar-refractivity contribution in [1.29, 1.82) is 0 Å². The third kappa shape index (κ3) is 511. The fourth-order valence-corrected chi connectivity index (χ4v) is 0. The smallest absolute Gasteiger partial charge is 0.822 e. The average Bonchev–Trinajstić information content (AvgIpc) is 1.12. The van der Waals surface area contributed by atoms with Crippen molar-refractivity contribution < 1.29 is 81.2 Å². The van der Waals surface area contributed by atoms with Crippen molar-refractivity contribution in [1.82, 2.24) is 0 Å². The zero-order valence-corrected chi connectivity index (χ0v) is 10.2. The van der Waals surface area contributed by atoms with E-state index in [1.807, 2.05) is 0 Å². The molecule has 0 aromatic heterocycles. The van der Waals surface area contributed by atoms with Crippen LogP contribution in [0.25, 0.3) is 0 Å². The van der Waals surface area contributed by atoms with E-state index in [9.17, 15) is 0 Å². The van der Waals surface area contributed by atoms with Gasteiger partial charge in [-0.25, -0.2) is 0 Å². The zero-order chi connectivity index (χ0) is 9.00. The Morgan fingerprint density at radius 1 is 0.667 bits per heavy atom. The van der Waals surface area contributed by atoms with Gasteiger partial charge in [0.05, 0.1) is 0 Å². The van der Waals surface area contributed by atoms with Crippen molar-refractivity contribution in [2.24, 2.45) is 0 Å². The van der Waals surface area contributed by atoms with Gasteiger partial charge in [0, 0.05) is 0 Å². The predicted molar refractivity (Wildman–Crippen MR) is 15.2 cm³/mol. The van der Waals surface area contributed by atoms with E-state index in [1.54, 1.807) is 0 Å². The first-order valence-electron chi connectivity index (χ1n) is 1.46. The van der Waals surface area contributed by atoms with Gasteiger partial charge in [0.1, 0.15) is 0 Å². The summed E-state index contributed by atoms with van der Waals surface area (Å²) in [6.45, 7) is 0. The number of rotatable bonds is 0. The van der Waals surface area contributed by atoms with E-state index in [0.717, 1.165) is 0 Å². The van der Waals surface area contributed by atoms with Crippen molar-refractivity contribution in [3.8, 4) is 0 Å². The van der Waals surface area contributed by atoms with Crippen LogP contribution in [0, 0.1) is 0 Å². The molecule has 0 radical (unpaired) electrons. The minimum Gasteiger partial charge on any atom is -0.822 e. The number of phosphoric acid groups is 2. The largest absolute Gasteiger partial charge is 4.00 e. The normalized spacial score (nSPS) is 9.83. The van der Waals surface area contributed by atoms with Crippen molar-refractivity contribution in [2.75, 3.05) is 0 Å². The summed E-state index contributed by atoms with van der Waals surface area (Å²) in [4.78, 5) is 51.3. The van der Waals surface area contributed by atoms with Crippen LogP contribution in [0.1, 0.15) is 0 Å². The fourth-order valence-electron chi connectivity index (χ4n) is 0. The molecule has 0 amide bonds. The van der Waals surface area contributed by atoms with Gasteiger partial charge < -0.3 is 38.5 Å². The van der Waals surface area contributed by atoms with Gasteiger partial charge in [-0.15, -0.1) is 0 Å². The SMILES string of the molecule is O=P([O-])([O-])[O-].O=P([O-])([O-])[O-].[Ni+2].[Zr+4]. The molecule has 0 aliphatic heterocycles. The van der Waals surface area contributed by atoms with Gasteiger partial charge in [-0.1, -0.05) is 0 Å². The molecular formula is NiO8P2Zr. The van der Waals surface area contributed by atoms with Gasteiger partial charge in [-0.05, 0) is 0 Å². The topological polar surface area (TPSA) is 172 Å². The minimum absolute atomic E-state index is 0. The maximum absolute atomic E-state index is 8.55. The number of hydrogen-bond acceptors (Lipinski definition) is 8. The van der Waals surface area contributed by atoms with Gasteiger partial charge in [-0.3, -0.25) is 0 Å². The summed E-state index contributed by atoms with van der Waals surface area (Å²) >= 11 is 0. The molecule has 12 heavy (non-hydrogen) atoms. The molecule has 0 rings (SSSR count). The molecule has 0 saturated heterocycles. The van der Waals surface area contributed by atoms with Gasteiger partial charge in [0.25, 0.3) is 0 Å². The second-order valence-corrected chi connectivity index (χ2v) is 2.68. The fraction of sp³-hybridized carbons (Fsp3) is 0. The second kappa shape index (κ2) is 9.16. The third-order valence-electron chi connectivity index (χ3n) is 0. The molecule has 72 valence electrons. The van der Waals surface area contributed by atoms with E-state index in [4.69, 9.17) is 38.5 Å². The van der Waals surface area contributed by atoms with Crippen LogP contribution in [0.3, 0.4) is 0 Å². The Morgan fingerprint density at radius 2 is 0.667 bits per heavy atom. The third-order valence-corrected chi connectivity index (χ3v) is 0. The van der Waals surface area contributed by atoms with Gasteiger partial charge in [-0.2, -0.15) is 15.6 Å². The van der Waals surface area contributed by atoms with E-state index in [1.165, 1.54) is 0 Å². The predicted octanol–water partition coefficient (Wildman–Crippen LogP) is -5.65. The Morgan fingerprint density at radius 3 is 0.667 bits per heavy atom. The molecule has 0 bridgehead atoms. The van der Waals surface area contributed by atoms with Crippen LogP contribution >= 0.6 is 15.6 Å². The molecule has 12 heteroatoms. The molecule has 0 unspecified atom stereocenters. The van der Waals surface area contributed by atoms with Gasteiger partial charge in [0.2, 0.25) is 0 Å². The maximum atomic E-state index is 8.55. The molecular weight excluding hydrogens is 340 g/mol. The summed E-state index contributed by atoms with van der Waals surface area (Å²) < 4.78 is 17.1. The summed E-state index contributed by atoms with van der Waals surface area (Å²) in [5, 5.41) is 0. The molecule has 0 atom stereocenters.